The summed E-state index contributed by atoms with van der Waals surface area (Å²) in [6.45, 7) is 6.38. The average Bonchev–Trinajstić information content (AvgIpc) is 3.27. The molecule has 166 valence electrons. The summed E-state index contributed by atoms with van der Waals surface area (Å²) in [5.41, 5.74) is 3.62. The number of nitrogens with one attached hydrogen (secondary N) is 1. The van der Waals surface area contributed by atoms with Gasteiger partial charge < -0.3 is 14.6 Å². The predicted octanol–water partition coefficient (Wildman–Crippen LogP) is 5.01. The van der Waals surface area contributed by atoms with Crippen LogP contribution in [0.2, 0.25) is 0 Å². The first-order valence-electron chi connectivity index (χ1n) is 10.6. The van der Waals surface area contributed by atoms with Crippen molar-refractivity contribution in [2.45, 2.75) is 39.5 Å². The number of hydrogen-bond donors (Lipinski definition) is 1. The molecule has 0 fully saturated rings. The molecule has 1 heterocycles. The van der Waals surface area contributed by atoms with E-state index in [0.29, 0.717) is 36.3 Å². The fourth-order valence-corrected chi connectivity index (χ4v) is 2.97. The molecule has 0 saturated heterocycles. The van der Waals surface area contributed by atoms with Crippen molar-refractivity contribution in [1.29, 1.82) is 0 Å². The number of ether oxygens (including phenoxy) is 1. The van der Waals surface area contributed by atoms with E-state index < -0.39 is 0 Å². The monoisotopic (exact) mass is 433 g/mol. The van der Waals surface area contributed by atoms with Crippen molar-refractivity contribution in [2.75, 3.05) is 11.9 Å². The molecule has 0 aliphatic heterocycles. The van der Waals surface area contributed by atoms with Gasteiger partial charge in [0.1, 0.15) is 0 Å². The van der Waals surface area contributed by atoms with Crippen molar-refractivity contribution in [3.8, 4) is 11.4 Å². The Bertz CT molecular complexity index is 1070. The topological polar surface area (TPSA) is 94.3 Å². The van der Waals surface area contributed by atoms with E-state index in [0.717, 1.165) is 11.1 Å². The maximum Gasteiger partial charge on any atom is 0.330 e. The highest BCUT2D eigenvalue weighted by Gasteiger charge is 2.11. The normalized spacial score (nSPS) is 11.1. The van der Waals surface area contributed by atoms with E-state index in [4.69, 9.17) is 9.26 Å². The summed E-state index contributed by atoms with van der Waals surface area (Å²) >= 11 is 0. The first-order chi connectivity index (χ1) is 15.4. The quantitative estimate of drug-likeness (QED) is 0.377. The smallest absolute Gasteiger partial charge is 0.330 e. The lowest BCUT2D eigenvalue weighted by Crippen LogP contribution is -2.12. The second kappa shape index (κ2) is 11.0. The van der Waals surface area contributed by atoms with Gasteiger partial charge in [-0.05, 0) is 42.2 Å². The zero-order valence-electron chi connectivity index (χ0n) is 18.5. The van der Waals surface area contributed by atoms with Gasteiger partial charge in [0.15, 0.2) is 0 Å². The van der Waals surface area contributed by atoms with Gasteiger partial charge in [0.05, 0.1) is 6.61 Å². The van der Waals surface area contributed by atoms with Crippen LogP contribution in [0.25, 0.3) is 17.5 Å². The number of anilines is 1. The molecule has 3 rings (SSSR count). The zero-order chi connectivity index (χ0) is 22.9. The largest absolute Gasteiger partial charge is 0.463 e. The summed E-state index contributed by atoms with van der Waals surface area (Å²) in [4.78, 5) is 28.0. The number of benzene rings is 2. The molecule has 0 aliphatic carbocycles. The molecular formula is C25H27N3O4. The van der Waals surface area contributed by atoms with E-state index in [-0.39, 0.29) is 18.3 Å². The van der Waals surface area contributed by atoms with Gasteiger partial charge in [-0.15, -0.1) is 0 Å². The van der Waals surface area contributed by atoms with E-state index in [1.165, 1.54) is 11.6 Å². The second-order valence-corrected chi connectivity index (χ2v) is 7.54. The van der Waals surface area contributed by atoms with Gasteiger partial charge in [-0.2, -0.15) is 4.98 Å². The third-order valence-corrected chi connectivity index (χ3v) is 4.76. The van der Waals surface area contributed by atoms with Crippen LogP contribution in [-0.2, 0) is 20.7 Å². The number of aryl methyl sites for hydroxylation is 1. The van der Waals surface area contributed by atoms with Crippen molar-refractivity contribution in [3.63, 3.8) is 0 Å². The van der Waals surface area contributed by atoms with Crippen molar-refractivity contribution in [3.05, 3.63) is 71.6 Å². The molecule has 0 spiro atoms. The minimum atomic E-state index is -0.387. The lowest BCUT2D eigenvalue weighted by Gasteiger charge is -2.05. The maximum absolute atomic E-state index is 12.3. The highest BCUT2D eigenvalue weighted by molar-refractivity contribution is 5.91. The molecule has 2 aromatic carbocycles. The van der Waals surface area contributed by atoms with Crippen LogP contribution < -0.4 is 5.32 Å². The van der Waals surface area contributed by atoms with Crippen LogP contribution >= 0.6 is 0 Å². The standard InChI is InChI=1S/C25H27N3O4/c1-4-31-24(30)16-7-18-5-12-21(13-6-18)26-22(29)14-15-23-27-25(28-32-23)20-10-8-19(9-11-20)17(2)3/h5-13,16-17H,4,14-15H2,1-3H3,(H,26,29)/b16-7+. The van der Waals surface area contributed by atoms with Gasteiger partial charge in [0.25, 0.3) is 0 Å². The molecule has 1 amide bonds. The van der Waals surface area contributed by atoms with E-state index in [2.05, 4.69) is 41.4 Å². The molecule has 32 heavy (non-hydrogen) atoms. The van der Waals surface area contributed by atoms with Crippen LogP contribution in [0.1, 0.15) is 50.1 Å². The van der Waals surface area contributed by atoms with Crippen LogP contribution in [0.3, 0.4) is 0 Å². The van der Waals surface area contributed by atoms with Gasteiger partial charge in [-0.1, -0.05) is 55.4 Å². The van der Waals surface area contributed by atoms with Crippen molar-refractivity contribution >= 4 is 23.6 Å². The van der Waals surface area contributed by atoms with Crippen LogP contribution in [0.15, 0.2) is 59.1 Å². The Labute approximate surface area is 187 Å². The van der Waals surface area contributed by atoms with Gasteiger partial charge in [-0.25, -0.2) is 4.79 Å². The molecule has 3 aromatic rings. The molecule has 0 bridgehead atoms. The van der Waals surface area contributed by atoms with Gasteiger partial charge in [-0.3, -0.25) is 4.79 Å². The number of carbonyl (C=O) groups excluding carboxylic acids is 2. The minimum absolute atomic E-state index is 0.152. The van der Waals surface area contributed by atoms with Crippen LogP contribution in [0, 0.1) is 0 Å². The van der Waals surface area contributed by atoms with E-state index in [1.807, 2.05) is 12.1 Å². The third kappa shape index (κ3) is 6.63. The number of amides is 1. The number of rotatable bonds is 9. The Kier molecular flexibility index (Phi) is 7.91. The average molecular weight is 434 g/mol. The van der Waals surface area contributed by atoms with E-state index in [9.17, 15) is 9.59 Å². The maximum atomic E-state index is 12.3. The van der Waals surface area contributed by atoms with Crippen LogP contribution in [-0.4, -0.2) is 28.6 Å². The van der Waals surface area contributed by atoms with Gasteiger partial charge >= 0.3 is 5.97 Å². The molecule has 0 atom stereocenters. The van der Waals surface area contributed by atoms with Gasteiger partial charge in [0, 0.05) is 30.2 Å². The number of aromatic nitrogens is 2. The fourth-order valence-electron chi connectivity index (χ4n) is 2.97. The fraction of sp³-hybridized carbons (Fsp3) is 0.280. The highest BCUT2D eigenvalue weighted by atomic mass is 16.5. The first-order valence-corrected chi connectivity index (χ1v) is 10.6. The van der Waals surface area contributed by atoms with Crippen molar-refractivity contribution in [2.24, 2.45) is 0 Å². The SMILES string of the molecule is CCOC(=O)/C=C/c1ccc(NC(=O)CCc2nc(-c3ccc(C(C)C)cc3)no2)cc1. The van der Waals surface area contributed by atoms with Crippen LogP contribution in [0.5, 0.6) is 0 Å². The summed E-state index contributed by atoms with van der Waals surface area (Å²) in [6, 6.07) is 15.2. The number of esters is 1. The lowest BCUT2D eigenvalue weighted by atomic mass is 10.0. The summed E-state index contributed by atoms with van der Waals surface area (Å²) in [7, 11) is 0. The molecule has 0 unspecified atom stereocenters. The third-order valence-electron chi connectivity index (χ3n) is 4.76. The number of hydrogen-bond acceptors (Lipinski definition) is 6. The highest BCUT2D eigenvalue weighted by Crippen LogP contribution is 2.21. The van der Waals surface area contributed by atoms with E-state index >= 15 is 0 Å². The Hall–Kier alpha value is -3.74. The first kappa shape index (κ1) is 22.9. The molecule has 0 radical (unpaired) electrons. The van der Waals surface area contributed by atoms with Crippen molar-refractivity contribution in [1.82, 2.24) is 10.1 Å². The minimum Gasteiger partial charge on any atom is -0.463 e. The second-order valence-electron chi connectivity index (χ2n) is 7.54. The molecule has 1 aromatic heterocycles. The Morgan fingerprint density at radius 3 is 2.47 bits per heavy atom. The lowest BCUT2D eigenvalue weighted by molar-refractivity contribution is -0.137. The van der Waals surface area contributed by atoms with Crippen LogP contribution in [0.4, 0.5) is 5.69 Å². The predicted molar refractivity (Wildman–Crippen MR) is 123 cm³/mol. The summed E-state index contributed by atoms with van der Waals surface area (Å²) in [5.74, 6) is 0.854. The Morgan fingerprint density at radius 2 is 1.81 bits per heavy atom. The molecule has 0 aliphatic rings. The number of carbonyl (C=O) groups is 2. The Balaban J connectivity index is 1.49. The summed E-state index contributed by atoms with van der Waals surface area (Å²) in [5, 5.41) is 6.85. The van der Waals surface area contributed by atoms with Crippen molar-refractivity contribution < 1.29 is 18.8 Å². The Morgan fingerprint density at radius 1 is 1.09 bits per heavy atom. The van der Waals surface area contributed by atoms with E-state index in [1.54, 1.807) is 37.3 Å². The molecule has 7 heteroatoms. The summed E-state index contributed by atoms with van der Waals surface area (Å²) < 4.78 is 10.1. The van der Waals surface area contributed by atoms with Gasteiger partial charge in [0.2, 0.25) is 17.6 Å². The summed E-state index contributed by atoms with van der Waals surface area (Å²) in [6.07, 6.45) is 3.60. The zero-order valence-corrected chi connectivity index (χ0v) is 18.5. The molecule has 1 N–H and O–H groups in total. The molecule has 7 nitrogen and oxygen atoms in total. The number of nitrogens with zero attached hydrogens (tertiary/aromatic N) is 2. The molecular weight excluding hydrogens is 406 g/mol. The molecule has 0 saturated carbocycles.